The van der Waals surface area contributed by atoms with Gasteiger partial charge >= 0.3 is 5.97 Å². The van der Waals surface area contributed by atoms with Crippen molar-refractivity contribution in [3.05, 3.63) is 143 Å². The van der Waals surface area contributed by atoms with E-state index in [0.29, 0.717) is 70.9 Å². The number of carboxylic acid groups (broad SMARTS) is 1. The first-order valence-corrected chi connectivity index (χ1v) is 29.9. The van der Waals surface area contributed by atoms with E-state index in [0.717, 1.165) is 78.1 Å². The normalized spacial score (nSPS) is 17.7. The Balaban J connectivity index is 0.000000199. The Morgan fingerprint density at radius 3 is 1.64 bits per heavy atom. The minimum Gasteiger partial charge on any atom is -0.480 e. The number of carbonyl (C=O) groups is 6. The second kappa shape index (κ2) is 30.3. The SMILES string of the molecule is Cc1cccc(CC(=O)[C@@H]2CCC(F)CCN2)n1.Cc1cccc(CC(=O)[C@@H]2CCC(F)CCN2C(=O)Cn2cc(C(N)=O)c3cc(-c4cnn5c4CCC5)ccc32)n1.Cl.NC(=O)c1cn(CC(=O)O)c2ccc(-c3cnn4c3CCC4)cc12.S.S=S. The first-order valence-electron chi connectivity index (χ1n) is 28.5. The highest BCUT2D eigenvalue weighted by Crippen LogP contribution is 2.35. The second-order valence-corrected chi connectivity index (χ2v) is 22.0. The summed E-state index contributed by atoms with van der Waals surface area (Å²) >= 11 is 7.33. The smallest absolute Gasteiger partial charge is 0.323 e. The first-order chi connectivity index (χ1) is 41.0. The number of amides is 3. The minimum absolute atomic E-state index is 0. The van der Waals surface area contributed by atoms with Gasteiger partial charge in [-0.05, 0) is 144 Å². The molecule has 4 aliphatic heterocycles. The number of Topliss-reactive ketones (excluding diaryl/α,β-unsaturated/α-hetero) is 2. The number of aromatic nitrogens is 8. The Kier molecular flexibility index (Phi) is 23.3. The fourth-order valence-electron chi connectivity index (χ4n) is 12.0. The number of pyridine rings is 2. The lowest BCUT2D eigenvalue weighted by molar-refractivity contribution is -0.139. The van der Waals surface area contributed by atoms with Crippen LogP contribution in [0.3, 0.4) is 0 Å². The van der Waals surface area contributed by atoms with E-state index >= 15 is 0 Å². The molecule has 12 rings (SSSR count). The lowest BCUT2D eigenvalue weighted by Crippen LogP contribution is -2.46. The van der Waals surface area contributed by atoms with E-state index in [-0.39, 0.29) is 94.7 Å². The van der Waals surface area contributed by atoms with Crippen molar-refractivity contribution in [1.29, 1.82) is 0 Å². The maximum Gasteiger partial charge on any atom is 0.323 e. The molecule has 2 aromatic carbocycles. The Hall–Kier alpha value is -7.64. The molecule has 2 unspecified atom stereocenters. The van der Waals surface area contributed by atoms with Crippen molar-refractivity contribution in [3.8, 4) is 22.3 Å². The Morgan fingerprint density at radius 1 is 0.644 bits per heavy atom. The van der Waals surface area contributed by atoms with E-state index in [1.54, 1.807) is 16.8 Å². The predicted octanol–water partition coefficient (Wildman–Crippen LogP) is 7.93. The molecule has 0 spiro atoms. The molecule has 10 heterocycles. The monoisotopic (exact) mass is 1260 g/mol. The van der Waals surface area contributed by atoms with Crippen molar-refractivity contribution in [3.63, 3.8) is 0 Å². The highest BCUT2D eigenvalue weighted by atomic mass is 35.5. The van der Waals surface area contributed by atoms with Gasteiger partial charge in [0, 0.05) is 122 Å². The standard InChI is InChI=1S/C31H33FN6O3.C17H16N4O3.C14H19FN2O.ClH.S2.H2S/c1-19-4-2-5-22(35-19)15-29(39)28-10-8-21(32)11-13-37(28)30(40)18-36-17-25(31(33)41)23-14-20(7-9-26(23)36)24-16-34-38-12-3-6-27(24)38;18-17(24)13-8-20(9-16(22)23)14-4-3-10(6-11(13)14)12-7-19-21-5-1-2-15(12)21;1-10-3-2-4-12(17-10)9-14(18)13-6-5-11(15)7-8-16-13;;1-2;/h2,4-5,7,9,14,16-17,21,28H,3,6,8,10-13,15,18H2,1H3,(H2,33,41);3-4,6-8H,1-2,5,9H2,(H2,18,24)(H,22,23);2-4,11,13,16H,5-9H2,1H3;1H;;1H2/t21?,28-;;11?,13-;;;/m0.0.../s1. The number of rotatable bonds is 14. The van der Waals surface area contributed by atoms with Crippen LogP contribution in [0.5, 0.6) is 0 Å². The summed E-state index contributed by atoms with van der Waals surface area (Å²) in [6.07, 6.45) is 11.7. The van der Waals surface area contributed by atoms with Crippen molar-refractivity contribution < 1.29 is 42.7 Å². The average Bonchev–Trinajstić information content (AvgIpc) is 1.71. The average molecular weight is 1270 g/mol. The fourth-order valence-corrected chi connectivity index (χ4v) is 12.0. The van der Waals surface area contributed by atoms with Gasteiger partial charge < -0.3 is 35.9 Å². The molecule has 19 nitrogen and oxygen atoms in total. The molecule has 6 N–H and O–H groups in total. The van der Waals surface area contributed by atoms with E-state index in [1.807, 2.05) is 102 Å². The molecule has 8 aromatic rings. The van der Waals surface area contributed by atoms with Crippen LogP contribution in [0.2, 0.25) is 0 Å². The fraction of sp³-hybridized carbons (Fsp3) is 0.387. The number of hydrogen-bond acceptors (Lipinski definition) is 13. The predicted molar refractivity (Wildman–Crippen MR) is 340 cm³/mol. The number of primary amides is 2. The summed E-state index contributed by atoms with van der Waals surface area (Å²) in [5.74, 6) is -2.47. The van der Waals surface area contributed by atoms with E-state index in [2.05, 4.69) is 47.9 Å². The number of nitrogens with one attached hydrogen (secondary N) is 1. The lowest BCUT2D eigenvalue weighted by Gasteiger charge is -2.29. The highest BCUT2D eigenvalue weighted by molar-refractivity contribution is 8.07. The van der Waals surface area contributed by atoms with Crippen LogP contribution < -0.4 is 16.8 Å². The maximum atomic E-state index is 14.4. The number of fused-ring (bicyclic) bond motifs is 4. The number of aryl methyl sites for hydroxylation is 4. The number of likely N-dealkylation sites (tertiary alicyclic amines) is 1. The van der Waals surface area contributed by atoms with Crippen LogP contribution in [0.25, 0.3) is 44.1 Å². The second-order valence-electron chi connectivity index (χ2n) is 22.0. The van der Waals surface area contributed by atoms with Crippen LogP contribution in [0.4, 0.5) is 8.78 Å². The summed E-state index contributed by atoms with van der Waals surface area (Å²) in [5.41, 5.74) is 22.7. The van der Waals surface area contributed by atoms with Crippen molar-refractivity contribution >= 4 is 105 Å². The van der Waals surface area contributed by atoms with Crippen LogP contribution in [0.1, 0.15) is 106 Å². The Bertz CT molecular complexity index is 3810. The quantitative estimate of drug-likeness (QED) is 0.0806. The molecule has 0 bridgehead atoms. The van der Waals surface area contributed by atoms with Crippen LogP contribution >= 0.6 is 25.9 Å². The highest BCUT2D eigenvalue weighted by Gasteiger charge is 2.34. The molecule has 0 saturated carbocycles. The zero-order valence-corrected chi connectivity index (χ0v) is 51.8. The number of aliphatic carboxylic acids is 1. The van der Waals surface area contributed by atoms with Crippen LogP contribution in [-0.2, 0) is 93.4 Å². The molecule has 2 fully saturated rings. The van der Waals surface area contributed by atoms with Gasteiger partial charge in [-0.1, -0.05) is 24.3 Å². The molecule has 0 radical (unpaired) electrons. The third-order valence-corrected chi connectivity index (χ3v) is 16.1. The molecule has 4 aliphatic rings. The van der Waals surface area contributed by atoms with Gasteiger partial charge in [0.15, 0.2) is 11.6 Å². The molecular formula is C62H71ClF2N12O7S3. The zero-order chi connectivity index (χ0) is 60.5. The zero-order valence-electron chi connectivity index (χ0n) is 48.3. The number of nitrogens with two attached hydrogens (primary N) is 2. The third-order valence-electron chi connectivity index (χ3n) is 16.1. The van der Waals surface area contributed by atoms with Gasteiger partial charge in [0.2, 0.25) is 5.91 Å². The van der Waals surface area contributed by atoms with Gasteiger partial charge in [0.1, 0.15) is 25.4 Å². The summed E-state index contributed by atoms with van der Waals surface area (Å²) in [6.45, 7) is 6.01. The molecule has 87 heavy (non-hydrogen) atoms. The molecule has 0 aliphatic carbocycles. The summed E-state index contributed by atoms with van der Waals surface area (Å²) in [7, 11) is 0. The number of carbonyl (C=O) groups excluding carboxylic acids is 5. The van der Waals surface area contributed by atoms with Gasteiger partial charge in [-0.3, -0.25) is 48.1 Å². The largest absolute Gasteiger partial charge is 0.480 e. The number of carboxylic acids is 1. The van der Waals surface area contributed by atoms with E-state index in [4.69, 9.17) is 16.6 Å². The van der Waals surface area contributed by atoms with Crippen molar-refractivity contribution in [2.75, 3.05) is 13.1 Å². The van der Waals surface area contributed by atoms with E-state index < -0.39 is 36.2 Å². The Labute approximate surface area is 525 Å². The summed E-state index contributed by atoms with van der Waals surface area (Å²) in [6, 6.07) is 21.6. The maximum absolute atomic E-state index is 14.4. The molecule has 2 saturated heterocycles. The topological polar surface area (TPSA) is 261 Å². The first kappa shape index (κ1) is 66.9. The lowest BCUT2D eigenvalue weighted by atomic mass is 10.0. The van der Waals surface area contributed by atoms with Gasteiger partial charge in [-0.15, -0.1) is 12.4 Å². The minimum atomic E-state index is -1.07. The Morgan fingerprint density at radius 2 is 1.14 bits per heavy atom. The summed E-state index contributed by atoms with van der Waals surface area (Å²) in [4.78, 5) is 84.7. The van der Waals surface area contributed by atoms with Gasteiger partial charge in [0.05, 0.1) is 48.4 Å². The van der Waals surface area contributed by atoms with Gasteiger partial charge in [-0.2, -0.15) is 23.7 Å². The number of ketones is 2. The summed E-state index contributed by atoms with van der Waals surface area (Å²) in [5, 5.41) is 22.4. The molecule has 460 valence electrons. The number of benzene rings is 2. The number of hydrogen-bond donors (Lipinski definition) is 4. The molecule has 25 heteroatoms. The van der Waals surface area contributed by atoms with Gasteiger partial charge in [0.25, 0.3) is 11.8 Å². The van der Waals surface area contributed by atoms with E-state index in [1.165, 1.54) is 27.1 Å². The van der Waals surface area contributed by atoms with Crippen molar-refractivity contribution in [1.82, 2.24) is 48.9 Å². The molecular weight excluding hydrogens is 1190 g/mol. The number of nitrogens with zero attached hydrogens (tertiary/aromatic N) is 9. The van der Waals surface area contributed by atoms with Crippen LogP contribution in [0, 0.1) is 13.8 Å². The third kappa shape index (κ3) is 15.9. The summed E-state index contributed by atoms with van der Waals surface area (Å²) < 4.78 is 34.9. The molecule has 4 atom stereocenters. The van der Waals surface area contributed by atoms with Crippen LogP contribution in [0.15, 0.2) is 97.6 Å². The van der Waals surface area contributed by atoms with Crippen molar-refractivity contribution in [2.45, 2.75) is 142 Å². The van der Waals surface area contributed by atoms with Crippen molar-refractivity contribution in [2.24, 2.45) is 11.5 Å². The molecule has 3 amide bonds. The molecule has 6 aromatic heterocycles. The number of halogens is 3. The van der Waals surface area contributed by atoms with Gasteiger partial charge in [-0.25, -0.2) is 8.78 Å². The number of alkyl halides is 2. The van der Waals surface area contributed by atoms with E-state index in [9.17, 15) is 37.5 Å². The van der Waals surface area contributed by atoms with Crippen LogP contribution in [-0.4, -0.2) is 121 Å².